The summed E-state index contributed by atoms with van der Waals surface area (Å²) in [6, 6.07) is 0. The number of rotatable bonds is 2. The Morgan fingerprint density at radius 3 is 1.42 bits per heavy atom. The molecule has 0 aromatic heterocycles. The van der Waals surface area contributed by atoms with E-state index in [2.05, 4.69) is 0 Å². The molecule has 0 amide bonds. The van der Waals surface area contributed by atoms with Crippen LogP contribution in [0.5, 0.6) is 0 Å². The van der Waals surface area contributed by atoms with E-state index in [9.17, 15) is 4.79 Å². The second-order valence-corrected chi connectivity index (χ2v) is 1.43. The van der Waals surface area contributed by atoms with Crippen molar-refractivity contribution in [3.63, 3.8) is 0 Å². The molecule has 0 aliphatic carbocycles. The van der Waals surface area contributed by atoms with E-state index in [1.54, 1.807) is 0 Å². The molecule has 0 heterocycles. The molecular formula is C5H11NaO5Zn. The molecule has 0 bridgehead atoms. The molecule has 0 aromatic rings. The van der Waals surface area contributed by atoms with Crippen LogP contribution in [0.3, 0.4) is 0 Å². The molecule has 0 aliphatic heterocycles. The Balaban J connectivity index is -0.0000000483. The second-order valence-electron chi connectivity index (χ2n) is 1.43. The molecule has 3 N–H and O–H groups in total. The SMILES string of the molecule is CCCC(=O)O.O=C(O)O.[NaH].[Zn]. The summed E-state index contributed by atoms with van der Waals surface area (Å²) in [6.45, 7) is 1.84. The molecule has 0 rings (SSSR count). The van der Waals surface area contributed by atoms with Gasteiger partial charge in [0.15, 0.2) is 0 Å². The Hall–Kier alpha value is 0.363. The predicted molar refractivity (Wildman–Crippen MR) is 40.3 cm³/mol. The summed E-state index contributed by atoms with van der Waals surface area (Å²) in [6.07, 6.45) is -0.810. The van der Waals surface area contributed by atoms with Gasteiger partial charge < -0.3 is 15.3 Å². The van der Waals surface area contributed by atoms with Crippen molar-refractivity contribution >= 4 is 41.7 Å². The average Bonchev–Trinajstić information content (AvgIpc) is 1.62. The molecule has 0 spiro atoms. The number of aliphatic carboxylic acids is 1. The molecule has 0 atom stereocenters. The van der Waals surface area contributed by atoms with Crippen LogP contribution in [0.15, 0.2) is 0 Å². The summed E-state index contributed by atoms with van der Waals surface area (Å²) in [7, 11) is 0. The summed E-state index contributed by atoms with van der Waals surface area (Å²) in [4.78, 5) is 18.2. The predicted octanol–water partition coefficient (Wildman–Crippen LogP) is 0.442. The minimum absolute atomic E-state index is 0. The van der Waals surface area contributed by atoms with Gasteiger partial charge in [0, 0.05) is 25.9 Å². The van der Waals surface area contributed by atoms with E-state index in [0.717, 1.165) is 6.42 Å². The van der Waals surface area contributed by atoms with Crippen molar-refractivity contribution in [2.24, 2.45) is 0 Å². The largest absolute Gasteiger partial charge is 0 e. The summed E-state index contributed by atoms with van der Waals surface area (Å²) in [5, 5.41) is 21.9. The van der Waals surface area contributed by atoms with Crippen LogP contribution in [0.2, 0.25) is 0 Å². The first-order valence-corrected chi connectivity index (χ1v) is 2.64. The fraction of sp³-hybridized carbons (Fsp3) is 0.600. The van der Waals surface area contributed by atoms with E-state index in [4.69, 9.17) is 20.1 Å². The maximum atomic E-state index is 9.60. The molecule has 0 saturated heterocycles. The fourth-order valence-electron chi connectivity index (χ4n) is 0.214. The number of hydrogen-bond acceptors (Lipinski definition) is 2. The summed E-state index contributed by atoms with van der Waals surface area (Å²) >= 11 is 0. The van der Waals surface area contributed by atoms with E-state index >= 15 is 0 Å². The molecule has 64 valence electrons. The molecule has 0 saturated carbocycles. The first-order chi connectivity index (χ1) is 4.50. The maximum Gasteiger partial charge on any atom is 0 e. The Labute approximate surface area is 105 Å². The van der Waals surface area contributed by atoms with E-state index in [-0.39, 0.29) is 49.0 Å². The maximum absolute atomic E-state index is 9.60. The zero-order valence-corrected chi connectivity index (χ0v) is 9.25. The van der Waals surface area contributed by atoms with Crippen LogP contribution in [0.25, 0.3) is 0 Å². The Morgan fingerprint density at radius 1 is 1.17 bits per heavy atom. The summed E-state index contributed by atoms with van der Waals surface area (Å²) in [5.74, 6) is -0.711. The Morgan fingerprint density at radius 2 is 1.42 bits per heavy atom. The molecule has 7 heteroatoms. The third kappa shape index (κ3) is 80.3. The van der Waals surface area contributed by atoms with E-state index in [1.165, 1.54) is 0 Å². The van der Waals surface area contributed by atoms with Crippen molar-refractivity contribution in [1.82, 2.24) is 0 Å². The van der Waals surface area contributed by atoms with Crippen LogP contribution in [0.1, 0.15) is 19.8 Å². The van der Waals surface area contributed by atoms with Crippen molar-refractivity contribution in [2.75, 3.05) is 0 Å². The topological polar surface area (TPSA) is 94.8 Å². The van der Waals surface area contributed by atoms with E-state index < -0.39 is 12.1 Å². The average molecular weight is 240 g/mol. The minimum atomic E-state index is -1.83. The van der Waals surface area contributed by atoms with Crippen LogP contribution >= 0.6 is 0 Å². The third-order valence-electron chi connectivity index (χ3n) is 0.464. The van der Waals surface area contributed by atoms with Gasteiger partial charge in [0.1, 0.15) is 0 Å². The summed E-state index contributed by atoms with van der Waals surface area (Å²) < 4.78 is 0. The minimum Gasteiger partial charge on any atom is 0 e. The van der Waals surface area contributed by atoms with E-state index in [0.29, 0.717) is 6.42 Å². The van der Waals surface area contributed by atoms with Gasteiger partial charge in [-0.1, -0.05) is 6.92 Å². The van der Waals surface area contributed by atoms with Gasteiger partial charge in [0.05, 0.1) is 0 Å². The standard InChI is InChI=1S/C4H8O2.CH2O3.Na.Zn.H/c1-2-3-4(5)6;2-1(3)4;;;/h2-3H2,1H3,(H,5,6);(H2,2,3,4);;;. The molecule has 0 fully saturated rings. The third-order valence-corrected chi connectivity index (χ3v) is 0.464. The van der Waals surface area contributed by atoms with Gasteiger partial charge >= 0.3 is 41.7 Å². The van der Waals surface area contributed by atoms with Crippen molar-refractivity contribution in [3.8, 4) is 0 Å². The van der Waals surface area contributed by atoms with Gasteiger partial charge in [-0.2, -0.15) is 0 Å². The van der Waals surface area contributed by atoms with Gasteiger partial charge in [-0.3, -0.25) is 4.79 Å². The number of hydrogen-bond donors (Lipinski definition) is 3. The van der Waals surface area contributed by atoms with Crippen molar-refractivity contribution < 1.29 is 44.4 Å². The zero-order chi connectivity index (χ0) is 8.57. The van der Waals surface area contributed by atoms with Gasteiger partial charge in [0.25, 0.3) is 0 Å². The van der Waals surface area contributed by atoms with Crippen molar-refractivity contribution in [1.29, 1.82) is 0 Å². The van der Waals surface area contributed by atoms with Crippen molar-refractivity contribution in [3.05, 3.63) is 0 Å². The normalized spacial score (nSPS) is 6.08. The van der Waals surface area contributed by atoms with Gasteiger partial charge in [-0.05, 0) is 6.42 Å². The van der Waals surface area contributed by atoms with Gasteiger partial charge in [-0.25, -0.2) is 4.79 Å². The molecule has 5 nitrogen and oxygen atoms in total. The first kappa shape index (κ1) is 22.8. The van der Waals surface area contributed by atoms with Gasteiger partial charge in [0.2, 0.25) is 0 Å². The van der Waals surface area contributed by atoms with Crippen LogP contribution in [-0.2, 0) is 24.3 Å². The van der Waals surface area contributed by atoms with Gasteiger partial charge in [-0.15, -0.1) is 0 Å². The molecule has 12 heavy (non-hydrogen) atoms. The number of carbonyl (C=O) groups is 2. The fourth-order valence-corrected chi connectivity index (χ4v) is 0.214. The molecule has 0 aliphatic rings. The molecular weight excluding hydrogens is 228 g/mol. The van der Waals surface area contributed by atoms with Crippen LogP contribution in [0, 0.1) is 0 Å². The van der Waals surface area contributed by atoms with Crippen LogP contribution in [-0.4, -0.2) is 57.0 Å². The van der Waals surface area contributed by atoms with Crippen LogP contribution < -0.4 is 0 Å². The first-order valence-electron chi connectivity index (χ1n) is 2.64. The van der Waals surface area contributed by atoms with E-state index in [1.807, 2.05) is 6.92 Å². The molecule has 0 unspecified atom stereocenters. The van der Waals surface area contributed by atoms with Crippen molar-refractivity contribution in [2.45, 2.75) is 19.8 Å². The number of carboxylic acids is 1. The number of carboxylic acid groups (broad SMARTS) is 3. The second kappa shape index (κ2) is 17.4. The monoisotopic (exact) mass is 238 g/mol. The Kier molecular flexibility index (Phi) is 33.2. The smallest absolute Gasteiger partial charge is 0 e. The van der Waals surface area contributed by atoms with Crippen LogP contribution in [0.4, 0.5) is 4.79 Å². The molecule has 0 radical (unpaired) electrons. The Bertz CT molecular complexity index is 114. The summed E-state index contributed by atoms with van der Waals surface area (Å²) in [5.41, 5.74) is 0. The quantitative estimate of drug-likeness (QED) is 0.608. The zero-order valence-electron chi connectivity index (χ0n) is 6.28. The molecule has 0 aromatic carbocycles.